The van der Waals surface area contributed by atoms with E-state index in [-0.39, 0.29) is 12.0 Å². The standard InChI is InChI=1S/C20H21Cl2N3O3S/c1-4-24(8-10-28-2)20-15(22)11-13-17(27)12-5-6-14(21)18(29-3)16(12)25(7-9-26)19(13)23-20/h5-6,9,11H,4,7-8,10H2,1-3H3. The van der Waals surface area contributed by atoms with Crippen LogP contribution in [0.4, 0.5) is 5.82 Å². The van der Waals surface area contributed by atoms with Gasteiger partial charge in [0, 0.05) is 25.6 Å². The molecule has 3 rings (SSSR count). The van der Waals surface area contributed by atoms with E-state index in [4.69, 9.17) is 32.9 Å². The third kappa shape index (κ3) is 3.97. The first-order valence-corrected chi connectivity index (χ1v) is 11.0. The molecule has 1 aromatic carbocycles. The number of ether oxygens (including phenoxy) is 1. The van der Waals surface area contributed by atoms with Crippen LogP contribution in [-0.2, 0) is 16.1 Å². The second-order valence-electron chi connectivity index (χ2n) is 6.32. The van der Waals surface area contributed by atoms with E-state index in [9.17, 15) is 9.59 Å². The zero-order valence-electron chi connectivity index (χ0n) is 16.4. The largest absolute Gasteiger partial charge is 0.383 e. The van der Waals surface area contributed by atoms with Crippen molar-refractivity contribution in [1.82, 2.24) is 9.55 Å². The number of likely N-dealkylation sites (N-methyl/N-ethyl adjacent to an activating group) is 1. The lowest BCUT2D eigenvalue weighted by atomic mass is 10.1. The van der Waals surface area contributed by atoms with Crippen molar-refractivity contribution in [3.63, 3.8) is 0 Å². The first kappa shape index (κ1) is 21.9. The van der Waals surface area contributed by atoms with Crippen molar-refractivity contribution < 1.29 is 9.53 Å². The maximum absolute atomic E-state index is 13.2. The number of aromatic nitrogens is 2. The zero-order valence-corrected chi connectivity index (χ0v) is 18.7. The number of methoxy groups -OCH3 is 1. The number of benzene rings is 1. The Morgan fingerprint density at radius 2 is 2.03 bits per heavy atom. The van der Waals surface area contributed by atoms with Crippen molar-refractivity contribution in [2.75, 3.05) is 38.0 Å². The van der Waals surface area contributed by atoms with Crippen LogP contribution in [0.5, 0.6) is 0 Å². The van der Waals surface area contributed by atoms with Gasteiger partial charge in [-0.1, -0.05) is 23.2 Å². The minimum Gasteiger partial charge on any atom is -0.383 e. The molecule has 0 aliphatic heterocycles. The van der Waals surface area contributed by atoms with Gasteiger partial charge >= 0.3 is 0 Å². The predicted molar refractivity (Wildman–Crippen MR) is 121 cm³/mol. The van der Waals surface area contributed by atoms with Crippen LogP contribution >= 0.6 is 35.0 Å². The van der Waals surface area contributed by atoms with Gasteiger partial charge in [0.05, 0.1) is 39.0 Å². The highest BCUT2D eigenvalue weighted by Gasteiger charge is 2.20. The number of anilines is 1. The average Bonchev–Trinajstić information content (AvgIpc) is 2.72. The summed E-state index contributed by atoms with van der Waals surface area (Å²) in [6.07, 6.45) is 2.66. The maximum Gasteiger partial charge on any atom is 0.198 e. The molecule has 0 amide bonds. The number of fused-ring (bicyclic) bond motifs is 2. The van der Waals surface area contributed by atoms with E-state index < -0.39 is 0 Å². The third-order valence-electron chi connectivity index (χ3n) is 4.74. The summed E-state index contributed by atoms with van der Waals surface area (Å²) in [5.74, 6) is 0.546. The summed E-state index contributed by atoms with van der Waals surface area (Å²) in [5.41, 5.74) is 0.822. The monoisotopic (exact) mass is 453 g/mol. The van der Waals surface area contributed by atoms with Crippen LogP contribution in [0.25, 0.3) is 21.9 Å². The average molecular weight is 454 g/mol. The molecule has 2 aromatic heterocycles. The van der Waals surface area contributed by atoms with Crippen molar-refractivity contribution in [2.24, 2.45) is 0 Å². The highest BCUT2D eigenvalue weighted by atomic mass is 35.5. The van der Waals surface area contributed by atoms with Crippen LogP contribution in [0.1, 0.15) is 6.92 Å². The number of aldehydes is 1. The first-order chi connectivity index (χ1) is 14.0. The smallest absolute Gasteiger partial charge is 0.198 e. The Bertz CT molecular complexity index is 1130. The minimum atomic E-state index is -0.190. The summed E-state index contributed by atoms with van der Waals surface area (Å²) in [7, 11) is 1.63. The molecule has 9 heteroatoms. The summed E-state index contributed by atoms with van der Waals surface area (Å²) in [6.45, 7) is 3.80. The summed E-state index contributed by atoms with van der Waals surface area (Å²) in [4.78, 5) is 32.1. The molecule has 0 aliphatic carbocycles. The summed E-state index contributed by atoms with van der Waals surface area (Å²) >= 11 is 14.3. The fraction of sp³-hybridized carbons (Fsp3) is 0.350. The summed E-state index contributed by atoms with van der Waals surface area (Å²) in [6, 6.07) is 5.01. The van der Waals surface area contributed by atoms with E-state index in [1.54, 1.807) is 29.9 Å². The van der Waals surface area contributed by atoms with Gasteiger partial charge in [-0.05, 0) is 31.4 Å². The molecule has 0 fully saturated rings. The van der Waals surface area contributed by atoms with Gasteiger partial charge in [-0.3, -0.25) is 4.79 Å². The van der Waals surface area contributed by atoms with E-state index in [1.807, 2.05) is 18.1 Å². The second kappa shape index (κ2) is 9.34. The number of rotatable bonds is 8. The van der Waals surface area contributed by atoms with Gasteiger partial charge in [0.15, 0.2) is 5.43 Å². The number of pyridine rings is 2. The molecule has 0 aliphatic rings. The van der Waals surface area contributed by atoms with Gasteiger partial charge < -0.3 is 19.0 Å². The Balaban J connectivity index is 2.44. The molecule has 29 heavy (non-hydrogen) atoms. The highest BCUT2D eigenvalue weighted by molar-refractivity contribution is 7.99. The molecule has 0 radical (unpaired) electrons. The third-order valence-corrected chi connectivity index (χ3v) is 6.27. The first-order valence-electron chi connectivity index (χ1n) is 9.05. The van der Waals surface area contributed by atoms with Crippen LogP contribution in [0, 0.1) is 0 Å². The summed E-state index contributed by atoms with van der Waals surface area (Å²) in [5, 5.41) is 1.74. The van der Waals surface area contributed by atoms with E-state index in [1.165, 1.54) is 11.8 Å². The van der Waals surface area contributed by atoms with Crippen molar-refractivity contribution in [3.8, 4) is 0 Å². The number of thioether (sulfide) groups is 1. The molecule has 154 valence electrons. The molecule has 0 unspecified atom stereocenters. The molecule has 6 nitrogen and oxygen atoms in total. The van der Waals surface area contributed by atoms with Gasteiger partial charge in [0.2, 0.25) is 0 Å². The molecule has 0 atom stereocenters. The molecule has 0 bridgehead atoms. The van der Waals surface area contributed by atoms with Crippen LogP contribution in [0.3, 0.4) is 0 Å². The van der Waals surface area contributed by atoms with Gasteiger partial charge in [-0.2, -0.15) is 0 Å². The lowest BCUT2D eigenvalue weighted by Gasteiger charge is -2.24. The molecule has 0 spiro atoms. The Morgan fingerprint density at radius 1 is 1.28 bits per heavy atom. The minimum absolute atomic E-state index is 0.0411. The molecular formula is C20H21Cl2N3O3S. The number of carbonyl (C=O) groups excluding carboxylic acids is 1. The van der Waals surface area contributed by atoms with Crippen LogP contribution in [0.15, 0.2) is 27.9 Å². The Kier molecular flexibility index (Phi) is 7.05. The van der Waals surface area contributed by atoms with E-state index in [0.717, 1.165) is 11.2 Å². The van der Waals surface area contributed by atoms with E-state index in [2.05, 4.69) is 0 Å². The number of halogens is 2. The molecule has 0 N–H and O–H groups in total. The number of hydrogen-bond donors (Lipinski definition) is 0. The Morgan fingerprint density at radius 3 is 2.66 bits per heavy atom. The van der Waals surface area contributed by atoms with Gasteiger partial charge in [0.1, 0.15) is 17.8 Å². The van der Waals surface area contributed by atoms with Gasteiger partial charge in [-0.25, -0.2) is 4.98 Å². The van der Waals surface area contributed by atoms with E-state index >= 15 is 0 Å². The van der Waals surface area contributed by atoms with Crippen LogP contribution in [-0.4, -0.2) is 48.9 Å². The molecule has 0 saturated heterocycles. The van der Waals surface area contributed by atoms with Crippen molar-refractivity contribution in [1.29, 1.82) is 0 Å². The number of hydrogen-bond acceptors (Lipinski definition) is 6. The van der Waals surface area contributed by atoms with Crippen molar-refractivity contribution in [3.05, 3.63) is 38.5 Å². The predicted octanol–water partition coefficient (Wildman–Crippen LogP) is 4.25. The molecule has 3 aromatic rings. The topological polar surface area (TPSA) is 64.4 Å². The summed E-state index contributed by atoms with van der Waals surface area (Å²) < 4.78 is 6.91. The Labute approximate surface area is 182 Å². The molecule has 0 saturated carbocycles. The number of carbonyl (C=O) groups is 1. The fourth-order valence-corrected chi connectivity index (χ4v) is 4.71. The second-order valence-corrected chi connectivity index (χ2v) is 7.95. The lowest BCUT2D eigenvalue weighted by molar-refractivity contribution is -0.108. The normalized spacial score (nSPS) is 11.3. The van der Waals surface area contributed by atoms with Crippen LogP contribution < -0.4 is 10.3 Å². The van der Waals surface area contributed by atoms with Gasteiger partial charge in [-0.15, -0.1) is 11.8 Å². The van der Waals surface area contributed by atoms with Crippen LogP contribution in [0.2, 0.25) is 10.0 Å². The fourth-order valence-electron chi connectivity index (χ4n) is 3.37. The highest BCUT2D eigenvalue weighted by Crippen LogP contribution is 2.35. The van der Waals surface area contributed by atoms with E-state index in [0.29, 0.717) is 57.5 Å². The molecule has 2 heterocycles. The maximum atomic E-state index is 13.2. The van der Waals surface area contributed by atoms with Gasteiger partial charge in [0.25, 0.3) is 0 Å². The zero-order chi connectivity index (χ0) is 21.1. The van der Waals surface area contributed by atoms with Crippen molar-refractivity contribution >= 4 is 69.0 Å². The number of nitrogens with zero attached hydrogens (tertiary/aromatic N) is 3. The molecular weight excluding hydrogens is 433 g/mol. The SMILES string of the molecule is CCN(CCOC)c1nc2c(cc1Cl)c(=O)c1ccc(Cl)c(SC)c1n2CC=O. The van der Waals surface area contributed by atoms with Crippen molar-refractivity contribution in [2.45, 2.75) is 18.4 Å². The quantitative estimate of drug-likeness (QED) is 0.288. The Hall–Kier alpha value is -1.80. The lowest BCUT2D eigenvalue weighted by Crippen LogP contribution is -2.28.